The molecule has 1 aromatic heterocycles. The Labute approximate surface area is 131 Å². The molecule has 1 aromatic carbocycles. The largest absolute Gasteiger partial charge is 0.326 e. The highest BCUT2D eigenvalue weighted by Crippen LogP contribution is 2.22. The van der Waals surface area contributed by atoms with Gasteiger partial charge in [0.1, 0.15) is 0 Å². The Morgan fingerprint density at radius 1 is 1.23 bits per heavy atom. The lowest BCUT2D eigenvalue weighted by Crippen LogP contribution is -2.14. The van der Waals surface area contributed by atoms with Crippen LogP contribution in [-0.2, 0) is 11.2 Å². The number of nitrogens with zero attached hydrogens (tertiary/aromatic N) is 1. The first kappa shape index (κ1) is 15.7. The van der Waals surface area contributed by atoms with Crippen molar-refractivity contribution in [2.24, 2.45) is 0 Å². The van der Waals surface area contributed by atoms with Crippen molar-refractivity contribution in [3.8, 4) is 0 Å². The quantitative estimate of drug-likeness (QED) is 0.809. The molecule has 2 rings (SSSR count). The van der Waals surface area contributed by atoms with Crippen LogP contribution in [0.2, 0.25) is 0 Å². The zero-order valence-corrected chi connectivity index (χ0v) is 12.8. The minimum atomic E-state index is -0.0596. The molecule has 3 heteroatoms. The van der Waals surface area contributed by atoms with Crippen molar-refractivity contribution in [1.29, 1.82) is 0 Å². The van der Waals surface area contributed by atoms with E-state index in [0.717, 1.165) is 34.4 Å². The number of allylic oxidation sites excluding steroid dienone is 2. The summed E-state index contributed by atoms with van der Waals surface area (Å²) in [5, 5.41) is 2.91. The van der Waals surface area contributed by atoms with Gasteiger partial charge < -0.3 is 5.32 Å². The van der Waals surface area contributed by atoms with Crippen LogP contribution in [0.3, 0.4) is 0 Å². The molecule has 0 atom stereocenters. The van der Waals surface area contributed by atoms with Gasteiger partial charge in [0, 0.05) is 18.1 Å². The molecule has 0 aliphatic carbocycles. The molecule has 3 nitrogen and oxygen atoms in total. The van der Waals surface area contributed by atoms with Crippen LogP contribution in [0.5, 0.6) is 0 Å². The normalized spacial score (nSPS) is 10.0. The van der Waals surface area contributed by atoms with Crippen LogP contribution in [0.4, 0.5) is 5.69 Å². The molecular weight excluding hydrogens is 272 g/mol. The lowest BCUT2D eigenvalue weighted by Gasteiger charge is -2.09. The lowest BCUT2D eigenvalue weighted by atomic mass is 10.0. The summed E-state index contributed by atoms with van der Waals surface area (Å²) < 4.78 is 0. The van der Waals surface area contributed by atoms with Crippen LogP contribution in [0, 0.1) is 0 Å². The van der Waals surface area contributed by atoms with Gasteiger partial charge in [-0.1, -0.05) is 36.9 Å². The summed E-state index contributed by atoms with van der Waals surface area (Å²) in [6.07, 6.45) is 4.46. The molecule has 22 heavy (non-hydrogen) atoms. The first-order chi connectivity index (χ1) is 10.5. The summed E-state index contributed by atoms with van der Waals surface area (Å²) in [4.78, 5) is 16.1. The van der Waals surface area contributed by atoms with Gasteiger partial charge in [-0.15, -0.1) is 0 Å². The zero-order chi connectivity index (χ0) is 15.9. The highest BCUT2D eigenvalue weighted by Gasteiger charge is 2.06. The van der Waals surface area contributed by atoms with Crippen molar-refractivity contribution in [1.82, 2.24) is 4.98 Å². The molecule has 1 amide bonds. The van der Waals surface area contributed by atoms with Crippen LogP contribution >= 0.6 is 0 Å². The number of hydrogen-bond donors (Lipinski definition) is 1. The van der Waals surface area contributed by atoms with E-state index in [2.05, 4.69) is 23.5 Å². The van der Waals surface area contributed by atoms with Gasteiger partial charge in [0.05, 0.1) is 6.42 Å². The molecule has 1 heterocycles. The second-order valence-electron chi connectivity index (χ2n) is 5.40. The van der Waals surface area contributed by atoms with Gasteiger partial charge in [0.2, 0.25) is 5.91 Å². The number of aromatic nitrogens is 1. The van der Waals surface area contributed by atoms with E-state index < -0.39 is 0 Å². The molecule has 1 N–H and O–H groups in total. The Morgan fingerprint density at radius 3 is 2.73 bits per heavy atom. The second kappa shape index (κ2) is 7.36. The summed E-state index contributed by atoms with van der Waals surface area (Å²) in [6, 6.07) is 11.4. The smallest absolute Gasteiger partial charge is 0.228 e. The molecule has 0 saturated carbocycles. The van der Waals surface area contributed by atoms with Crippen molar-refractivity contribution in [2.75, 3.05) is 5.32 Å². The van der Waals surface area contributed by atoms with Gasteiger partial charge in [0.15, 0.2) is 0 Å². The highest BCUT2D eigenvalue weighted by atomic mass is 16.1. The van der Waals surface area contributed by atoms with Gasteiger partial charge >= 0.3 is 0 Å². The van der Waals surface area contributed by atoms with Gasteiger partial charge in [-0.3, -0.25) is 9.78 Å². The van der Waals surface area contributed by atoms with Crippen LogP contribution in [0.15, 0.2) is 67.5 Å². The summed E-state index contributed by atoms with van der Waals surface area (Å²) in [7, 11) is 0. The van der Waals surface area contributed by atoms with Crippen LogP contribution < -0.4 is 5.32 Å². The van der Waals surface area contributed by atoms with Crippen molar-refractivity contribution in [3.05, 3.63) is 78.6 Å². The molecule has 0 aliphatic heterocycles. The van der Waals surface area contributed by atoms with Crippen LogP contribution in [0.25, 0.3) is 5.57 Å². The molecule has 0 spiro atoms. The number of hydrogen-bond acceptors (Lipinski definition) is 2. The third kappa shape index (κ3) is 4.70. The second-order valence-corrected chi connectivity index (χ2v) is 5.40. The maximum atomic E-state index is 12.1. The first-order valence-corrected chi connectivity index (χ1v) is 7.16. The zero-order valence-electron chi connectivity index (χ0n) is 12.8. The van der Waals surface area contributed by atoms with Crippen LogP contribution in [0.1, 0.15) is 24.5 Å². The number of rotatable bonds is 6. The number of benzene rings is 1. The van der Waals surface area contributed by atoms with Gasteiger partial charge in [-0.25, -0.2) is 0 Å². The third-order valence-electron chi connectivity index (χ3n) is 3.16. The van der Waals surface area contributed by atoms with Gasteiger partial charge in [-0.2, -0.15) is 0 Å². The number of amides is 1. The standard InChI is InChI=1S/C19H20N2O/c1-14(2)10-15(3)17-7-4-8-18(12-17)21-19(22)11-16-6-5-9-20-13-16/h4-9,12-13H,1,3,10-11H2,2H3,(H,21,22). The van der Waals surface area contributed by atoms with Crippen molar-refractivity contribution in [2.45, 2.75) is 19.8 Å². The Kier molecular flexibility index (Phi) is 5.26. The molecule has 0 radical (unpaired) electrons. The van der Waals surface area contributed by atoms with E-state index in [0.29, 0.717) is 6.42 Å². The summed E-state index contributed by atoms with van der Waals surface area (Å²) in [6.45, 7) is 9.95. The number of carbonyl (C=O) groups is 1. The van der Waals surface area contributed by atoms with Gasteiger partial charge in [-0.05, 0) is 48.2 Å². The highest BCUT2D eigenvalue weighted by molar-refractivity contribution is 5.92. The SMILES string of the molecule is C=C(C)CC(=C)c1cccc(NC(=O)Cc2cccnc2)c1. The van der Waals surface area contributed by atoms with E-state index in [1.807, 2.05) is 43.3 Å². The maximum Gasteiger partial charge on any atom is 0.228 e. The predicted molar refractivity (Wildman–Crippen MR) is 91.5 cm³/mol. The fraction of sp³-hybridized carbons (Fsp3) is 0.158. The average Bonchev–Trinajstić information content (AvgIpc) is 2.47. The molecule has 2 aromatic rings. The van der Waals surface area contributed by atoms with E-state index in [1.165, 1.54) is 0 Å². The van der Waals surface area contributed by atoms with E-state index in [4.69, 9.17) is 0 Å². The first-order valence-electron chi connectivity index (χ1n) is 7.16. The number of nitrogens with one attached hydrogen (secondary N) is 1. The molecule has 0 aliphatic rings. The lowest BCUT2D eigenvalue weighted by molar-refractivity contribution is -0.115. The predicted octanol–water partition coefficient (Wildman–Crippen LogP) is 4.24. The minimum absolute atomic E-state index is 0.0596. The van der Waals surface area contributed by atoms with Crippen LogP contribution in [-0.4, -0.2) is 10.9 Å². The Bertz CT molecular complexity index is 690. The van der Waals surface area contributed by atoms with E-state index in [1.54, 1.807) is 12.4 Å². The van der Waals surface area contributed by atoms with Crippen molar-refractivity contribution in [3.63, 3.8) is 0 Å². The summed E-state index contributed by atoms with van der Waals surface area (Å²) >= 11 is 0. The van der Waals surface area contributed by atoms with Crippen molar-refractivity contribution < 1.29 is 4.79 Å². The van der Waals surface area contributed by atoms with Gasteiger partial charge in [0.25, 0.3) is 0 Å². The average molecular weight is 292 g/mol. The minimum Gasteiger partial charge on any atom is -0.326 e. The van der Waals surface area contributed by atoms with E-state index in [9.17, 15) is 4.79 Å². The summed E-state index contributed by atoms with van der Waals surface area (Å²) in [5.41, 5.74) is 4.74. The molecule has 0 unspecified atom stereocenters. The third-order valence-corrected chi connectivity index (χ3v) is 3.16. The topological polar surface area (TPSA) is 42.0 Å². The molecular formula is C19H20N2O. The molecule has 112 valence electrons. The monoisotopic (exact) mass is 292 g/mol. The number of carbonyl (C=O) groups excluding carboxylic acids is 1. The Hall–Kier alpha value is -2.68. The molecule has 0 fully saturated rings. The molecule has 0 bridgehead atoms. The number of pyridine rings is 1. The maximum absolute atomic E-state index is 12.1. The van der Waals surface area contributed by atoms with E-state index in [-0.39, 0.29) is 5.91 Å². The Morgan fingerprint density at radius 2 is 2.05 bits per heavy atom. The fourth-order valence-corrected chi connectivity index (χ4v) is 2.18. The van der Waals surface area contributed by atoms with Crippen molar-refractivity contribution >= 4 is 17.2 Å². The van der Waals surface area contributed by atoms with E-state index >= 15 is 0 Å². The molecule has 0 saturated heterocycles. The Balaban J connectivity index is 2.02. The summed E-state index contributed by atoms with van der Waals surface area (Å²) in [5.74, 6) is -0.0596. The number of anilines is 1. The fourth-order valence-electron chi connectivity index (χ4n) is 2.18.